The fraction of sp³-hybridized carbons (Fsp3) is 0.583. The van der Waals surface area contributed by atoms with Gasteiger partial charge in [0, 0.05) is 18.6 Å². The predicted molar refractivity (Wildman–Crippen MR) is 67.4 cm³/mol. The van der Waals surface area contributed by atoms with Gasteiger partial charge in [0.05, 0.1) is 11.9 Å². The molecule has 1 heterocycles. The summed E-state index contributed by atoms with van der Waals surface area (Å²) in [5.41, 5.74) is 6.28. The fourth-order valence-electron chi connectivity index (χ4n) is 1.75. The summed E-state index contributed by atoms with van der Waals surface area (Å²) in [7, 11) is 2.19. The monoisotopic (exact) mass is 220 g/mol. The molecule has 3 N–H and O–H groups in total. The molecule has 1 aliphatic rings. The smallest absolute Gasteiger partial charge is 0.126 e. The molecule has 88 valence electrons. The SMILES string of the molecule is CC(CNc1ccc(N)cn1)N(C)C1CC1. The number of rotatable bonds is 5. The van der Waals surface area contributed by atoms with Crippen LogP contribution < -0.4 is 11.1 Å². The van der Waals surface area contributed by atoms with Gasteiger partial charge in [0.15, 0.2) is 0 Å². The van der Waals surface area contributed by atoms with E-state index >= 15 is 0 Å². The van der Waals surface area contributed by atoms with Gasteiger partial charge in [-0.25, -0.2) is 4.98 Å². The topological polar surface area (TPSA) is 54.2 Å². The lowest BCUT2D eigenvalue weighted by molar-refractivity contribution is 0.257. The summed E-state index contributed by atoms with van der Waals surface area (Å²) in [6, 6.07) is 5.12. The summed E-state index contributed by atoms with van der Waals surface area (Å²) in [4.78, 5) is 6.65. The van der Waals surface area contributed by atoms with Crippen LogP contribution in [0.1, 0.15) is 19.8 Å². The second kappa shape index (κ2) is 4.70. The van der Waals surface area contributed by atoms with Crippen LogP contribution in [-0.4, -0.2) is 35.6 Å². The van der Waals surface area contributed by atoms with Gasteiger partial charge >= 0.3 is 0 Å². The fourth-order valence-corrected chi connectivity index (χ4v) is 1.75. The van der Waals surface area contributed by atoms with Crippen LogP contribution in [0.4, 0.5) is 11.5 Å². The summed E-state index contributed by atoms with van der Waals surface area (Å²) >= 11 is 0. The number of nitrogen functional groups attached to an aromatic ring is 1. The highest BCUT2D eigenvalue weighted by Crippen LogP contribution is 2.26. The van der Waals surface area contributed by atoms with Crippen LogP contribution in [-0.2, 0) is 0 Å². The molecule has 0 aliphatic heterocycles. The highest BCUT2D eigenvalue weighted by Gasteiger charge is 2.28. The number of hydrogen-bond donors (Lipinski definition) is 2. The molecular weight excluding hydrogens is 200 g/mol. The Labute approximate surface area is 96.8 Å². The van der Waals surface area contributed by atoms with E-state index in [1.54, 1.807) is 6.20 Å². The van der Waals surface area contributed by atoms with E-state index in [2.05, 4.69) is 29.2 Å². The van der Waals surface area contributed by atoms with Crippen molar-refractivity contribution < 1.29 is 0 Å². The van der Waals surface area contributed by atoms with Crippen LogP contribution in [0.25, 0.3) is 0 Å². The minimum atomic E-state index is 0.534. The molecule has 4 nitrogen and oxygen atoms in total. The van der Waals surface area contributed by atoms with Gasteiger partial charge in [-0.1, -0.05) is 0 Å². The van der Waals surface area contributed by atoms with E-state index in [0.29, 0.717) is 11.7 Å². The maximum Gasteiger partial charge on any atom is 0.126 e. The Morgan fingerprint density at radius 2 is 2.31 bits per heavy atom. The molecule has 0 amide bonds. The van der Waals surface area contributed by atoms with Crippen molar-refractivity contribution in [2.24, 2.45) is 0 Å². The van der Waals surface area contributed by atoms with Gasteiger partial charge in [-0.05, 0) is 38.9 Å². The lowest BCUT2D eigenvalue weighted by atomic mass is 10.3. The quantitative estimate of drug-likeness (QED) is 0.790. The van der Waals surface area contributed by atoms with Crippen molar-refractivity contribution in [3.8, 4) is 0 Å². The summed E-state index contributed by atoms with van der Waals surface area (Å²) in [5.74, 6) is 0.894. The van der Waals surface area contributed by atoms with Crippen molar-refractivity contribution in [1.82, 2.24) is 9.88 Å². The van der Waals surface area contributed by atoms with E-state index in [4.69, 9.17) is 5.73 Å². The number of pyridine rings is 1. The number of anilines is 2. The van der Waals surface area contributed by atoms with E-state index < -0.39 is 0 Å². The van der Waals surface area contributed by atoms with Crippen LogP contribution in [0.5, 0.6) is 0 Å². The molecule has 0 saturated heterocycles. The molecular formula is C12H20N4. The molecule has 0 spiro atoms. The third-order valence-corrected chi connectivity index (χ3v) is 3.18. The zero-order chi connectivity index (χ0) is 11.5. The second-order valence-electron chi connectivity index (χ2n) is 4.60. The van der Waals surface area contributed by atoms with Gasteiger partial charge in [-0.3, -0.25) is 4.90 Å². The highest BCUT2D eigenvalue weighted by atomic mass is 15.2. The second-order valence-corrected chi connectivity index (χ2v) is 4.60. The number of likely N-dealkylation sites (N-methyl/N-ethyl adjacent to an activating group) is 1. The lowest BCUT2D eigenvalue weighted by Gasteiger charge is -2.24. The Kier molecular flexibility index (Phi) is 3.29. The molecule has 1 aromatic heterocycles. The van der Waals surface area contributed by atoms with E-state index in [1.807, 2.05) is 12.1 Å². The summed E-state index contributed by atoms with van der Waals surface area (Å²) in [6.07, 6.45) is 4.37. The molecule has 1 aliphatic carbocycles. The molecule has 2 rings (SSSR count). The van der Waals surface area contributed by atoms with E-state index in [-0.39, 0.29) is 0 Å². The first-order valence-corrected chi connectivity index (χ1v) is 5.84. The zero-order valence-electron chi connectivity index (χ0n) is 9.98. The largest absolute Gasteiger partial charge is 0.397 e. The third-order valence-electron chi connectivity index (χ3n) is 3.18. The van der Waals surface area contributed by atoms with Crippen LogP contribution in [0.3, 0.4) is 0 Å². The average Bonchev–Trinajstić information content (AvgIpc) is 3.11. The van der Waals surface area contributed by atoms with Gasteiger partial charge < -0.3 is 11.1 Å². The summed E-state index contributed by atoms with van der Waals surface area (Å²) < 4.78 is 0. The van der Waals surface area contributed by atoms with Crippen molar-refractivity contribution in [3.05, 3.63) is 18.3 Å². The minimum Gasteiger partial charge on any atom is -0.397 e. The van der Waals surface area contributed by atoms with Crippen molar-refractivity contribution in [2.75, 3.05) is 24.6 Å². The van der Waals surface area contributed by atoms with Crippen molar-refractivity contribution >= 4 is 11.5 Å². The highest BCUT2D eigenvalue weighted by molar-refractivity contribution is 5.43. The first kappa shape index (κ1) is 11.2. The molecule has 0 radical (unpaired) electrons. The van der Waals surface area contributed by atoms with Crippen LogP contribution in [0.15, 0.2) is 18.3 Å². The third kappa shape index (κ3) is 2.85. The van der Waals surface area contributed by atoms with Gasteiger partial charge in [0.2, 0.25) is 0 Å². The van der Waals surface area contributed by atoms with Gasteiger partial charge in [0.1, 0.15) is 5.82 Å². The number of hydrogen-bond acceptors (Lipinski definition) is 4. The lowest BCUT2D eigenvalue weighted by Crippen LogP contribution is -2.36. The average molecular weight is 220 g/mol. The molecule has 16 heavy (non-hydrogen) atoms. The molecule has 1 atom stereocenters. The molecule has 1 aromatic rings. The maximum absolute atomic E-state index is 5.58. The van der Waals surface area contributed by atoms with Crippen molar-refractivity contribution in [3.63, 3.8) is 0 Å². The zero-order valence-corrected chi connectivity index (χ0v) is 9.98. The molecule has 0 bridgehead atoms. The number of nitrogens with zero attached hydrogens (tertiary/aromatic N) is 2. The molecule has 1 fully saturated rings. The predicted octanol–water partition coefficient (Wildman–Crippen LogP) is 1.56. The molecule has 0 aromatic carbocycles. The Balaban J connectivity index is 1.79. The standard InChI is InChI=1S/C12H20N4/c1-9(16(2)11-4-5-11)7-14-12-6-3-10(13)8-15-12/h3,6,8-9,11H,4-5,7,13H2,1-2H3,(H,14,15). The summed E-state index contributed by atoms with van der Waals surface area (Å²) in [6.45, 7) is 3.16. The van der Waals surface area contributed by atoms with Crippen LogP contribution in [0.2, 0.25) is 0 Å². The van der Waals surface area contributed by atoms with Crippen molar-refractivity contribution in [2.45, 2.75) is 31.8 Å². The van der Waals surface area contributed by atoms with E-state index in [0.717, 1.165) is 18.4 Å². The van der Waals surface area contributed by atoms with E-state index in [9.17, 15) is 0 Å². The van der Waals surface area contributed by atoms with E-state index in [1.165, 1.54) is 12.8 Å². The summed E-state index contributed by atoms with van der Waals surface area (Å²) in [5, 5.41) is 3.33. The molecule has 4 heteroatoms. The minimum absolute atomic E-state index is 0.534. The number of nitrogens with two attached hydrogens (primary N) is 1. The maximum atomic E-state index is 5.58. The normalized spacial score (nSPS) is 17.4. The Hall–Kier alpha value is -1.29. The van der Waals surface area contributed by atoms with Gasteiger partial charge in [-0.15, -0.1) is 0 Å². The first-order chi connectivity index (χ1) is 7.66. The number of aromatic nitrogens is 1. The first-order valence-electron chi connectivity index (χ1n) is 5.84. The van der Waals surface area contributed by atoms with Gasteiger partial charge in [-0.2, -0.15) is 0 Å². The molecule has 1 unspecified atom stereocenters. The Morgan fingerprint density at radius 1 is 1.56 bits per heavy atom. The molecule has 1 saturated carbocycles. The Morgan fingerprint density at radius 3 is 2.88 bits per heavy atom. The van der Waals surface area contributed by atoms with Crippen LogP contribution in [0, 0.1) is 0 Å². The van der Waals surface area contributed by atoms with Gasteiger partial charge in [0.25, 0.3) is 0 Å². The van der Waals surface area contributed by atoms with Crippen molar-refractivity contribution in [1.29, 1.82) is 0 Å². The van der Waals surface area contributed by atoms with Crippen LogP contribution >= 0.6 is 0 Å². The Bertz CT molecular complexity index is 331. The number of nitrogens with one attached hydrogen (secondary N) is 1.